The molecule has 30 heavy (non-hydrogen) atoms. The molecule has 1 amide bonds. The molecule has 2 N–H and O–H groups in total. The van der Waals surface area contributed by atoms with Crippen LogP contribution in [0.1, 0.15) is 38.5 Å². The normalized spacial score (nSPS) is 23.9. The van der Waals surface area contributed by atoms with E-state index in [4.69, 9.17) is 9.47 Å². The van der Waals surface area contributed by atoms with Crippen LogP contribution < -0.4 is 10.1 Å². The summed E-state index contributed by atoms with van der Waals surface area (Å²) in [5.41, 5.74) is 1.75. The first kappa shape index (κ1) is 20.8. The second kappa shape index (κ2) is 9.57. The van der Waals surface area contributed by atoms with Gasteiger partial charge in [-0.15, -0.1) is 5.10 Å². The van der Waals surface area contributed by atoms with Crippen molar-refractivity contribution >= 4 is 5.91 Å². The van der Waals surface area contributed by atoms with Crippen LogP contribution in [0.4, 0.5) is 0 Å². The van der Waals surface area contributed by atoms with Crippen LogP contribution in [0.2, 0.25) is 0 Å². The minimum absolute atomic E-state index is 0.0307. The number of nitrogens with zero attached hydrogens (tertiary/aromatic N) is 3. The maximum Gasteiger partial charge on any atom is 0.220 e. The Labute approximate surface area is 176 Å². The van der Waals surface area contributed by atoms with Crippen molar-refractivity contribution < 1.29 is 19.4 Å². The van der Waals surface area contributed by atoms with Crippen LogP contribution in [0.3, 0.4) is 0 Å². The van der Waals surface area contributed by atoms with Crippen molar-refractivity contribution in [1.29, 1.82) is 0 Å². The summed E-state index contributed by atoms with van der Waals surface area (Å²) in [7, 11) is 1.64. The summed E-state index contributed by atoms with van der Waals surface area (Å²) in [6.07, 6.45) is 6.95. The lowest BCUT2D eigenvalue weighted by Gasteiger charge is -2.36. The number of aliphatic hydroxyl groups is 1. The Bertz CT molecular complexity index is 851. The Morgan fingerprint density at radius 2 is 2.20 bits per heavy atom. The number of nitrogens with one attached hydrogen (secondary N) is 1. The van der Waals surface area contributed by atoms with Gasteiger partial charge in [0.15, 0.2) is 0 Å². The SMILES string of the molecule is COc1cccc(-c2cn(CC[C@@H]3CC[C@H](NC(=O)CC4CC4)[C@H](CO)O3)nn2)c1. The summed E-state index contributed by atoms with van der Waals surface area (Å²) in [5, 5.41) is 21.3. The first-order valence-corrected chi connectivity index (χ1v) is 10.7. The molecule has 1 aromatic carbocycles. The molecular formula is C22H30N4O4. The lowest BCUT2D eigenvalue weighted by Crippen LogP contribution is -2.51. The third kappa shape index (κ3) is 5.37. The first-order valence-electron chi connectivity index (χ1n) is 10.7. The lowest BCUT2D eigenvalue weighted by molar-refractivity contribution is -0.129. The average Bonchev–Trinajstić information content (AvgIpc) is 3.45. The van der Waals surface area contributed by atoms with E-state index in [2.05, 4.69) is 15.6 Å². The number of benzene rings is 1. The standard InChI is InChI=1S/C22H30N4O4/c1-29-18-4-2-3-16(12-18)20-13-26(25-24-20)10-9-17-7-8-19(21(14-27)30-17)23-22(28)11-15-5-6-15/h2-4,12-13,15,17,19,21,27H,5-11,14H2,1H3,(H,23,28)/t17-,19-,21-/m0/s1. The highest BCUT2D eigenvalue weighted by molar-refractivity contribution is 5.76. The Morgan fingerprint density at radius 1 is 1.33 bits per heavy atom. The topological polar surface area (TPSA) is 98.5 Å². The second-order valence-electron chi connectivity index (χ2n) is 8.27. The average molecular weight is 415 g/mol. The van der Waals surface area contributed by atoms with Crippen LogP contribution in [0.15, 0.2) is 30.5 Å². The maximum absolute atomic E-state index is 12.1. The van der Waals surface area contributed by atoms with Gasteiger partial charge in [0.2, 0.25) is 5.91 Å². The fraction of sp³-hybridized carbons (Fsp3) is 0.591. The highest BCUT2D eigenvalue weighted by Crippen LogP contribution is 2.32. The molecule has 3 atom stereocenters. The van der Waals surface area contributed by atoms with Crippen molar-refractivity contribution in [3.05, 3.63) is 30.5 Å². The van der Waals surface area contributed by atoms with Crippen LogP contribution in [-0.4, -0.2) is 58.0 Å². The van der Waals surface area contributed by atoms with E-state index in [1.165, 1.54) is 0 Å². The van der Waals surface area contributed by atoms with Crippen LogP contribution in [-0.2, 0) is 16.1 Å². The van der Waals surface area contributed by atoms with Crippen LogP contribution in [0, 0.1) is 5.92 Å². The molecule has 1 saturated carbocycles. The molecule has 2 aromatic rings. The molecule has 0 radical (unpaired) electrons. The van der Waals surface area contributed by atoms with Gasteiger partial charge in [0.1, 0.15) is 17.5 Å². The Hall–Kier alpha value is -2.45. The molecule has 2 heterocycles. The molecule has 162 valence electrons. The van der Waals surface area contributed by atoms with Crippen LogP contribution >= 0.6 is 0 Å². The molecule has 0 bridgehead atoms. The van der Waals surface area contributed by atoms with Gasteiger partial charge in [0, 0.05) is 18.5 Å². The Kier molecular flexibility index (Phi) is 6.64. The predicted octanol–water partition coefficient (Wildman–Crippen LogP) is 2.17. The second-order valence-corrected chi connectivity index (χ2v) is 8.27. The molecule has 1 saturated heterocycles. The number of carbonyl (C=O) groups excluding carboxylic acids is 1. The summed E-state index contributed by atoms with van der Waals surface area (Å²) in [4.78, 5) is 12.1. The van der Waals surface area contributed by atoms with E-state index >= 15 is 0 Å². The van der Waals surface area contributed by atoms with E-state index in [9.17, 15) is 9.90 Å². The number of aryl methyl sites for hydroxylation is 1. The summed E-state index contributed by atoms with van der Waals surface area (Å²) in [5.74, 6) is 1.42. The van der Waals surface area contributed by atoms with Gasteiger partial charge in [0.05, 0.1) is 32.1 Å². The highest BCUT2D eigenvalue weighted by Gasteiger charge is 2.33. The third-order valence-electron chi connectivity index (χ3n) is 5.90. The number of aliphatic hydroxyl groups excluding tert-OH is 1. The van der Waals surface area contributed by atoms with Crippen LogP contribution in [0.5, 0.6) is 5.75 Å². The van der Waals surface area contributed by atoms with Gasteiger partial charge < -0.3 is 19.9 Å². The molecule has 1 aliphatic heterocycles. The summed E-state index contributed by atoms with van der Waals surface area (Å²) in [6, 6.07) is 7.63. The van der Waals surface area contributed by atoms with Crippen molar-refractivity contribution in [2.75, 3.05) is 13.7 Å². The van der Waals surface area contributed by atoms with Gasteiger partial charge in [-0.1, -0.05) is 17.3 Å². The van der Waals surface area contributed by atoms with E-state index in [0.29, 0.717) is 18.9 Å². The fourth-order valence-electron chi connectivity index (χ4n) is 3.96. The maximum atomic E-state index is 12.1. The fourth-order valence-corrected chi connectivity index (χ4v) is 3.96. The number of carbonyl (C=O) groups is 1. The lowest BCUT2D eigenvalue weighted by atomic mass is 9.97. The molecule has 1 aliphatic carbocycles. The summed E-state index contributed by atoms with van der Waals surface area (Å²) in [6.45, 7) is 0.590. The number of aromatic nitrogens is 3. The predicted molar refractivity (Wildman–Crippen MR) is 111 cm³/mol. The van der Waals surface area contributed by atoms with E-state index in [1.807, 2.05) is 35.1 Å². The number of hydrogen-bond donors (Lipinski definition) is 2. The molecule has 0 spiro atoms. The minimum Gasteiger partial charge on any atom is -0.497 e. The summed E-state index contributed by atoms with van der Waals surface area (Å²) < 4.78 is 13.2. The van der Waals surface area contributed by atoms with Gasteiger partial charge in [-0.2, -0.15) is 0 Å². The van der Waals surface area contributed by atoms with E-state index < -0.39 is 0 Å². The first-order chi connectivity index (χ1) is 14.6. The molecule has 2 fully saturated rings. The van der Waals surface area contributed by atoms with Gasteiger partial charge in [-0.25, -0.2) is 0 Å². The van der Waals surface area contributed by atoms with E-state index in [1.54, 1.807) is 7.11 Å². The van der Waals surface area contributed by atoms with Crippen molar-refractivity contribution in [2.24, 2.45) is 5.92 Å². The van der Waals surface area contributed by atoms with Crippen molar-refractivity contribution in [1.82, 2.24) is 20.3 Å². The quantitative estimate of drug-likeness (QED) is 0.653. The molecule has 4 rings (SSSR count). The van der Waals surface area contributed by atoms with E-state index in [0.717, 1.165) is 49.1 Å². The number of methoxy groups -OCH3 is 1. The third-order valence-corrected chi connectivity index (χ3v) is 5.90. The molecular weight excluding hydrogens is 384 g/mol. The minimum atomic E-state index is -0.352. The zero-order chi connectivity index (χ0) is 20.9. The number of rotatable bonds is 9. The molecule has 0 unspecified atom stereocenters. The van der Waals surface area contributed by atoms with Crippen LogP contribution in [0.25, 0.3) is 11.3 Å². The van der Waals surface area contributed by atoms with Crippen molar-refractivity contribution in [3.63, 3.8) is 0 Å². The Morgan fingerprint density at radius 3 is 2.97 bits per heavy atom. The molecule has 8 heteroatoms. The largest absolute Gasteiger partial charge is 0.497 e. The molecule has 2 aliphatic rings. The molecule has 8 nitrogen and oxygen atoms in total. The zero-order valence-electron chi connectivity index (χ0n) is 17.4. The summed E-state index contributed by atoms with van der Waals surface area (Å²) >= 11 is 0. The van der Waals surface area contributed by atoms with Crippen molar-refractivity contribution in [2.45, 2.75) is 63.3 Å². The monoisotopic (exact) mass is 414 g/mol. The van der Waals surface area contributed by atoms with Gasteiger partial charge in [-0.05, 0) is 50.2 Å². The number of hydrogen-bond acceptors (Lipinski definition) is 6. The molecule has 1 aromatic heterocycles. The highest BCUT2D eigenvalue weighted by atomic mass is 16.5. The smallest absolute Gasteiger partial charge is 0.220 e. The number of ether oxygens (including phenoxy) is 2. The van der Waals surface area contributed by atoms with Gasteiger partial charge >= 0.3 is 0 Å². The Balaban J connectivity index is 1.27. The number of amides is 1. The van der Waals surface area contributed by atoms with E-state index in [-0.39, 0.29) is 30.8 Å². The zero-order valence-corrected chi connectivity index (χ0v) is 17.4. The van der Waals surface area contributed by atoms with Gasteiger partial charge in [-0.3, -0.25) is 9.48 Å². The van der Waals surface area contributed by atoms with Crippen molar-refractivity contribution in [3.8, 4) is 17.0 Å². The van der Waals surface area contributed by atoms with Gasteiger partial charge in [0.25, 0.3) is 0 Å².